The van der Waals surface area contributed by atoms with Gasteiger partial charge in [0.1, 0.15) is 16.2 Å². The number of anilines is 1. The zero-order valence-electron chi connectivity index (χ0n) is 16.7. The van der Waals surface area contributed by atoms with Crippen molar-refractivity contribution < 1.29 is 17.6 Å². The van der Waals surface area contributed by atoms with E-state index in [9.17, 15) is 13.2 Å². The zero-order valence-corrected chi connectivity index (χ0v) is 19.7. The van der Waals surface area contributed by atoms with E-state index in [0.717, 1.165) is 0 Å². The molecule has 3 aromatic carbocycles. The molecule has 0 aliphatic heterocycles. The van der Waals surface area contributed by atoms with Gasteiger partial charge in [0.25, 0.3) is 10.0 Å². The van der Waals surface area contributed by atoms with Crippen molar-refractivity contribution in [2.75, 3.05) is 4.72 Å². The molecule has 0 amide bonds. The predicted molar refractivity (Wildman–Crippen MR) is 128 cm³/mol. The topological polar surface area (TPSA) is 76.4 Å². The SMILES string of the molecule is CCc1oc2ccccc2c1C(=O)c1ccc(NS(=O)(=O)c2ccc(Cl)cc2Cl)cc1Cl. The van der Waals surface area contributed by atoms with Gasteiger partial charge in [0.15, 0.2) is 5.78 Å². The molecule has 32 heavy (non-hydrogen) atoms. The second kappa shape index (κ2) is 8.79. The molecule has 0 saturated heterocycles. The molecule has 4 rings (SSSR count). The van der Waals surface area contributed by atoms with E-state index in [1.165, 1.54) is 36.4 Å². The van der Waals surface area contributed by atoms with Gasteiger partial charge in [-0.15, -0.1) is 0 Å². The Kier molecular flexibility index (Phi) is 6.23. The summed E-state index contributed by atoms with van der Waals surface area (Å²) in [6, 6.07) is 15.7. The maximum absolute atomic E-state index is 13.3. The van der Waals surface area contributed by atoms with Crippen molar-refractivity contribution in [2.45, 2.75) is 18.2 Å². The highest BCUT2D eigenvalue weighted by Gasteiger charge is 2.24. The maximum atomic E-state index is 13.3. The number of carbonyl (C=O) groups is 1. The predicted octanol–water partition coefficient (Wildman–Crippen LogP) is 6.99. The number of nitrogens with one attached hydrogen (secondary N) is 1. The van der Waals surface area contributed by atoms with Crippen LogP contribution in [0.1, 0.15) is 28.6 Å². The van der Waals surface area contributed by atoms with E-state index < -0.39 is 10.0 Å². The van der Waals surface area contributed by atoms with Gasteiger partial charge in [-0.05, 0) is 42.5 Å². The van der Waals surface area contributed by atoms with Gasteiger partial charge in [-0.25, -0.2) is 8.42 Å². The van der Waals surface area contributed by atoms with Gasteiger partial charge in [-0.2, -0.15) is 0 Å². The first-order valence-corrected chi connectivity index (χ1v) is 12.2. The summed E-state index contributed by atoms with van der Waals surface area (Å²) in [6.45, 7) is 1.90. The van der Waals surface area contributed by atoms with E-state index in [1.807, 2.05) is 25.1 Å². The number of carbonyl (C=O) groups excluding carboxylic acids is 1. The summed E-state index contributed by atoms with van der Waals surface area (Å²) in [7, 11) is -3.99. The van der Waals surface area contributed by atoms with Crippen LogP contribution in [-0.2, 0) is 16.4 Å². The molecule has 9 heteroatoms. The lowest BCUT2D eigenvalue weighted by Crippen LogP contribution is -2.14. The highest BCUT2D eigenvalue weighted by Crippen LogP contribution is 2.32. The van der Waals surface area contributed by atoms with Crippen LogP contribution in [0.5, 0.6) is 0 Å². The largest absolute Gasteiger partial charge is 0.460 e. The third-order valence-corrected chi connectivity index (χ3v) is 7.28. The quantitative estimate of drug-likeness (QED) is 0.285. The number of aryl methyl sites for hydroxylation is 1. The molecule has 0 fully saturated rings. The molecular weight excluding hydrogens is 493 g/mol. The molecule has 1 heterocycles. The van der Waals surface area contributed by atoms with E-state index in [2.05, 4.69) is 4.72 Å². The normalized spacial score (nSPS) is 11.6. The molecule has 5 nitrogen and oxygen atoms in total. The van der Waals surface area contributed by atoms with E-state index in [4.69, 9.17) is 39.2 Å². The number of furan rings is 1. The molecule has 4 aromatic rings. The first-order chi connectivity index (χ1) is 15.2. The van der Waals surface area contributed by atoms with Gasteiger partial charge >= 0.3 is 0 Å². The van der Waals surface area contributed by atoms with Crippen molar-refractivity contribution in [1.29, 1.82) is 0 Å². The highest BCUT2D eigenvalue weighted by atomic mass is 35.5. The van der Waals surface area contributed by atoms with Crippen LogP contribution in [-0.4, -0.2) is 14.2 Å². The summed E-state index contributed by atoms with van der Waals surface area (Å²) >= 11 is 18.3. The van der Waals surface area contributed by atoms with Crippen LogP contribution in [0.2, 0.25) is 15.1 Å². The summed E-state index contributed by atoms with van der Waals surface area (Å²) < 4.78 is 33.7. The third kappa shape index (κ3) is 4.24. The number of hydrogen-bond acceptors (Lipinski definition) is 4. The lowest BCUT2D eigenvalue weighted by molar-refractivity contribution is 0.103. The Bertz CT molecular complexity index is 1460. The number of ketones is 1. The van der Waals surface area contributed by atoms with Gasteiger partial charge < -0.3 is 4.42 Å². The van der Waals surface area contributed by atoms with Crippen LogP contribution in [0.3, 0.4) is 0 Å². The smallest absolute Gasteiger partial charge is 0.263 e. The molecule has 0 saturated carbocycles. The molecule has 0 radical (unpaired) electrons. The van der Waals surface area contributed by atoms with E-state index in [0.29, 0.717) is 33.7 Å². The summed E-state index contributed by atoms with van der Waals surface area (Å²) in [6.07, 6.45) is 0.535. The van der Waals surface area contributed by atoms with Gasteiger partial charge in [-0.3, -0.25) is 9.52 Å². The number of sulfonamides is 1. The average molecular weight is 509 g/mol. The number of halogens is 3. The summed E-state index contributed by atoms with van der Waals surface area (Å²) in [5, 5.41) is 1.11. The first kappa shape index (κ1) is 22.7. The summed E-state index contributed by atoms with van der Waals surface area (Å²) in [5.41, 5.74) is 1.49. The van der Waals surface area contributed by atoms with E-state index >= 15 is 0 Å². The minimum Gasteiger partial charge on any atom is -0.460 e. The molecule has 1 N–H and O–H groups in total. The van der Waals surface area contributed by atoms with Crippen LogP contribution in [0.4, 0.5) is 5.69 Å². The average Bonchev–Trinajstić information content (AvgIpc) is 3.11. The number of fused-ring (bicyclic) bond motifs is 1. The fourth-order valence-corrected chi connectivity index (χ4v) is 5.48. The molecule has 0 aliphatic carbocycles. The highest BCUT2D eigenvalue weighted by molar-refractivity contribution is 7.92. The minimum atomic E-state index is -3.99. The number of para-hydroxylation sites is 1. The Balaban J connectivity index is 1.68. The van der Waals surface area contributed by atoms with Crippen LogP contribution in [0.25, 0.3) is 11.0 Å². The fourth-order valence-electron chi connectivity index (χ4n) is 3.39. The molecule has 0 unspecified atom stereocenters. The molecule has 0 atom stereocenters. The Morgan fingerprint density at radius 1 is 0.969 bits per heavy atom. The second-order valence-electron chi connectivity index (χ2n) is 6.95. The van der Waals surface area contributed by atoms with Crippen LogP contribution in [0, 0.1) is 0 Å². The molecule has 164 valence electrons. The Labute approximate surface area is 199 Å². The standard InChI is InChI=1S/C23H16Cl3NO4S/c1-2-19-22(16-5-3-4-6-20(16)31-19)23(28)15-9-8-14(12-17(15)25)27-32(29,30)21-10-7-13(24)11-18(21)26/h3-12,27H,2H2,1H3. The van der Waals surface area contributed by atoms with Gasteiger partial charge in [0.2, 0.25) is 0 Å². The van der Waals surface area contributed by atoms with Crippen molar-refractivity contribution in [3.05, 3.63) is 92.6 Å². The molecular formula is C23H16Cl3NO4S. The lowest BCUT2D eigenvalue weighted by atomic mass is 9.99. The zero-order chi connectivity index (χ0) is 23.0. The van der Waals surface area contributed by atoms with Crippen molar-refractivity contribution in [1.82, 2.24) is 0 Å². The van der Waals surface area contributed by atoms with Crippen molar-refractivity contribution in [3.63, 3.8) is 0 Å². The van der Waals surface area contributed by atoms with Crippen LogP contribution >= 0.6 is 34.8 Å². The molecule has 0 spiro atoms. The number of benzene rings is 3. The van der Waals surface area contributed by atoms with E-state index in [1.54, 1.807) is 6.07 Å². The number of rotatable bonds is 6. The summed E-state index contributed by atoms with van der Waals surface area (Å²) in [4.78, 5) is 13.2. The van der Waals surface area contributed by atoms with Crippen molar-refractivity contribution in [2.24, 2.45) is 0 Å². The van der Waals surface area contributed by atoms with Crippen LogP contribution in [0.15, 0.2) is 70.0 Å². The van der Waals surface area contributed by atoms with Crippen molar-refractivity contribution in [3.8, 4) is 0 Å². The van der Waals surface area contributed by atoms with Gasteiger partial charge in [0.05, 0.1) is 21.3 Å². The molecule has 0 aliphatic rings. The fraction of sp³-hybridized carbons (Fsp3) is 0.0870. The molecule has 1 aromatic heterocycles. The maximum Gasteiger partial charge on any atom is 0.263 e. The van der Waals surface area contributed by atoms with E-state index in [-0.39, 0.29) is 32.0 Å². The Morgan fingerprint density at radius 2 is 1.72 bits per heavy atom. The monoisotopic (exact) mass is 507 g/mol. The second-order valence-corrected chi connectivity index (χ2v) is 9.86. The Hall–Kier alpha value is -2.51. The van der Waals surface area contributed by atoms with Crippen molar-refractivity contribution >= 4 is 67.3 Å². The first-order valence-electron chi connectivity index (χ1n) is 9.53. The number of hydrogen-bond donors (Lipinski definition) is 1. The van der Waals surface area contributed by atoms with Gasteiger partial charge in [0, 0.05) is 22.4 Å². The minimum absolute atomic E-state index is 0.0122. The molecule has 0 bridgehead atoms. The van der Waals surface area contributed by atoms with Gasteiger partial charge in [-0.1, -0.05) is 59.9 Å². The lowest BCUT2D eigenvalue weighted by Gasteiger charge is -2.11. The van der Waals surface area contributed by atoms with Crippen LogP contribution < -0.4 is 4.72 Å². The Morgan fingerprint density at radius 3 is 2.41 bits per heavy atom. The summed E-state index contributed by atoms with van der Waals surface area (Å²) in [5.74, 6) is 0.265. The third-order valence-electron chi connectivity index (χ3n) is 4.87.